The van der Waals surface area contributed by atoms with Crippen LogP contribution in [-0.2, 0) is 6.42 Å². The fourth-order valence-corrected chi connectivity index (χ4v) is 1.80. The number of aliphatic hydroxyl groups is 1. The van der Waals surface area contributed by atoms with Gasteiger partial charge in [-0.2, -0.15) is 0 Å². The summed E-state index contributed by atoms with van der Waals surface area (Å²) in [7, 11) is 0. The number of fused-ring (bicyclic) bond motifs is 1. The lowest BCUT2D eigenvalue weighted by molar-refractivity contribution is 0.171. The summed E-state index contributed by atoms with van der Waals surface area (Å²) in [6.07, 6.45) is 0.652. The number of aliphatic hydroxyl groups excluding tert-OH is 1. The van der Waals surface area contributed by atoms with Gasteiger partial charge in [-0.3, -0.25) is 0 Å². The van der Waals surface area contributed by atoms with Gasteiger partial charge in [-0.05, 0) is 36.6 Å². The van der Waals surface area contributed by atoms with Crippen molar-refractivity contribution in [1.82, 2.24) is 0 Å². The molecule has 88 valence electrons. The summed E-state index contributed by atoms with van der Waals surface area (Å²) in [5.41, 5.74) is 7.95. The Morgan fingerprint density at radius 1 is 1.31 bits per heavy atom. The Morgan fingerprint density at radius 3 is 2.56 bits per heavy atom. The Hall–Kier alpha value is -1.26. The highest BCUT2D eigenvalue weighted by Crippen LogP contribution is 2.33. The molecule has 0 aliphatic carbocycles. The summed E-state index contributed by atoms with van der Waals surface area (Å²) < 4.78 is 11.0. The van der Waals surface area contributed by atoms with Gasteiger partial charge in [0.2, 0.25) is 0 Å². The summed E-state index contributed by atoms with van der Waals surface area (Å²) in [5.74, 6) is 1.57. The van der Waals surface area contributed by atoms with Crippen molar-refractivity contribution < 1.29 is 14.6 Å². The minimum atomic E-state index is -0.221. The molecule has 0 saturated heterocycles. The van der Waals surface area contributed by atoms with Gasteiger partial charge >= 0.3 is 0 Å². The zero-order chi connectivity index (χ0) is 11.5. The highest BCUT2D eigenvalue weighted by atomic mass is 16.6. The zero-order valence-electron chi connectivity index (χ0n) is 9.40. The van der Waals surface area contributed by atoms with Crippen LogP contribution in [0.1, 0.15) is 11.1 Å². The first-order valence-corrected chi connectivity index (χ1v) is 5.46. The molecule has 0 spiro atoms. The van der Waals surface area contributed by atoms with E-state index in [-0.39, 0.29) is 12.6 Å². The Labute approximate surface area is 95.0 Å². The van der Waals surface area contributed by atoms with E-state index in [1.807, 2.05) is 19.1 Å². The largest absolute Gasteiger partial charge is 0.486 e. The van der Waals surface area contributed by atoms with E-state index in [2.05, 4.69) is 0 Å². The van der Waals surface area contributed by atoms with Gasteiger partial charge in [-0.15, -0.1) is 0 Å². The van der Waals surface area contributed by atoms with E-state index < -0.39 is 0 Å². The van der Waals surface area contributed by atoms with Gasteiger partial charge in [0, 0.05) is 6.04 Å². The highest BCUT2D eigenvalue weighted by Gasteiger charge is 2.15. The molecule has 0 amide bonds. The number of aryl methyl sites for hydroxylation is 1. The third kappa shape index (κ3) is 2.28. The minimum absolute atomic E-state index is 0.00607. The quantitative estimate of drug-likeness (QED) is 0.788. The maximum absolute atomic E-state index is 8.94. The molecule has 4 nitrogen and oxygen atoms in total. The zero-order valence-corrected chi connectivity index (χ0v) is 9.40. The molecule has 0 radical (unpaired) electrons. The summed E-state index contributed by atoms with van der Waals surface area (Å²) in [6.45, 7) is 3.19. The van der Waals surface area contributed by atoms with Crippen LogP contribution < -0.4 is 15.2 Å². The fourth-order valence-electron chi connectivity index (χ4n) is 1.80. The summed E-state index contributed by atoms with van der Waals surface area (Å²) in [5, 5.41) is 8.94. The Morgan fingerprint density at radius 2 is 1.94 bits per heavy atom. The highest BCUT2D eigenvalue weighted by molar-refractivity contribution is 5.48. The van der Waals surface area contributed by atoms with Gasteiger partial charge in [0.15, 0.2) is 11.5 Å². The molecule has 1 aliphatic rings. The average Bonchev–Trinajstić information content (AvgIpc) is 2.30. The van der Waals surface area contributed by atoms with Gasteiger partial charge in [0.05, 0.1) is 6.61 Å². The molecule has 0 saturated carbocycles. The predicted molar refractivity (Wildman–Crippen MR) is 60.9 cm³/mol. The van der Waals surface area contributed by atoms with Crippen molar-refractivity contribution in [3.05, 3.63) is 23.3 Å². The molecule has 0 aromatic heterocycles. The number of rotatable bonds is 3. The van der Waals surface area contributed by atoms with Crippen LogP contribution in [0.3, 0.4) is 0 Å². The summed E-state index contributed by atoms with van der Waals surface area (Å²) in [6, 6.07) is 3.70. The number of hydrogen-bond acceptors (Lipinski definition) is 4. The van der Waals surface area contributed by atoms with Crippen molar-refractivity contribution in [2.24, 2.45) is 5.73 Å². The molecular formula is C12H17NO3. The first kappa shape index (κ1) is 11.2. The molecule has 16 heavy (non-hydrogen) atoms. The van der Waals surface area contributed by atoms with Crippen LogP contribution in [0.25, 0.3) is 0 Å². The monoisotopic (exact) mass is 223 g/mol. The molecule has 1 aromatic rings. The molecule has 0 fully saturated rings. The summed E-state index contributed by atoms with van der Waals surface area (Å²) >= 11 is 0. The molecule has 1 aromatic carbocycles. The second-order valence-corrected chi connectivity index (χ2v) is 4.07. The SMILES string of the molecule is Cc1cc2c(cc1CC(N)CO)OCCO2. The van der Waals surface area contributed by atoms with Crippen LogP contribution in [0.15, 0.2) is 12.1 Å². The average molecular weight is 223 g/mol. The van der Waals surface area contributed by atoms with Crippen LogP contribution in [0, 0.1) is 6.92 Å². The van der Waals surface area contributed by atoms with Crippen molar-refractivity contribution in [2.75, 3.05) is 19.8 Å². The van der Waals surface area contributed by atoms with Crippen LogP contribution >= 0.6 is 0 Å². The van der Waals surface area contributed by atoms with Gasteiger partial charge in [0.1, 0.15) is 13.2 Å². The van der Waals surface area contributed by atoms with Crippen LogP contribution in [0.2, 0.25) is 0 Å². The number of hydrogen-bond donors (Lipinski definition) is 2. The van der Waals surface area contributed by atoms with Crippen molar-refractivity contribution in [2.45, 2.75) is 19.4 Å². The van der Waals surface area contributed by atoms with Gasteiger partial charge in [-0.1, -0.05) is 0 Å². The van der Waals surface area contributed by atoms with Gasteiger partial charge < -0.3 is 20.3 Å². The van der Waals surface area contributed by atoms with Crippen molar-refractivity contribution >= 4 is 0 Å². The van der Waals surface area contributed by atoms with E-state index >= 15 is 0 Å². The lowest BCUT2D eigenvalue weighted by Gasteiger charge is -2.21. The normalized spacial score (nSPS) is 15.9. The molecule has 1 aliphatic heterocycles. The van der Waals surface area contributed by atoms with Crippen LogP contribution in [0.5, 0.6) is 11.5 Å². The first-order valence-electron chi connectivity index (χ1n) is 5.46. The molecule has 2 rings (SSSR count). The predicted octanol–water partition coefficient (Wildman–Crippen LogP) is 0.628. The Bertz CT molecular complexity index is 379. The van der Waals surface area contributed by atoms with Crippen LogP contribution in [-0.4, -0.2) is 31.0 Å². The minimum Gasteiger partial charge on any atom is -0.486 e. The molecule has 1 unspecified atom stereocenters. The molecule has 3 N–H and O–H groups in total. The van der Waals surface area contributed by atoms with Crippen molar-refractivity contribution in [3.8, 4) is 11.5 Å². The molecule has 0 bridgehead atoms. The number of benzene rings is 1. The third-order valence-electron chi connectivity index (χ3n) is 2.72. The number of ether oxygens (including phenoxy) is 2. The first-order chi connectivity index (χ1) is 7.70. The second-order valence-electron chi connectivity index (χ2n) is 4.07. The molecule has 4 heteroatoms. The van der Waals surface area contributed by atoms with E-state index in [1.165, 1.54) is 0 Å². The smallest absolute Gasteiger partial charge is 0.161 e. The molecule has 1 heterocycles. The second kappa shape index (κ2) is 4.72. The third-order valence-corrected chi connectivity index (χ3v) is 2.72. The molecular weight excluding hydrogens is 206 g/mol. The Kier molecular flexibility index (Phi) is 3.31. The lowest BCUT2D eigenvalue weighted by atomic mass is 10.0. The van der Waals surface area contributed by atoms with Gasteiger partial charge in [-0.25, -0.2) is 0 Å². The van der Waals surface area contributed by atoms with E-state index in [0.717, 1.165) is 22.6 Å². The maximum atomic E-state index is 8.94. The summed E-state index contributed by atoms with van der Waals surface area (Å²) in [4.78, 5) is 0. The number of nitrogens with two attached hydrogens (primary N) is 1. The maximum Gasteiger partial charge on any atom is 0.161 e. The van der Waals surface area contributed by atoms with E-state index in [9.17, 15) is 0 Å². The van der Waals surface area contributed by atoms with Crippen molar-refractivity contribution in [3.63, 3.8) is 0 Å². The topological polar surface area (TPSA) is 64.7 Å². The lowest BCUT2D eigenvalue weighted by Crippen LogP contribution is -2.27. The van der Waals surface area contributed by atoms with Gasteiger partial charge in [0.25, 0.3) is 0 Å². The standard InChI is InChI=1S/C12H17NO3/c1-8-4-11-12(16-3-2-15-11)6-9(8)5-10(13)7-14/h4,6,10,14H,2-3,5,7,13H2,1H3. The van der Waals surface area contributed by atoms with Crippen molar-refractivity contribution in [1.29, 1.82) is 0 Å². The fraction of sp³-hybridized carbons (Fsp3) is 0.500. The Balaban J connectivity index is 2.25. The van der Waals surface area contributed by atoms with E-state index in [1.54, 1.807) is 0 Å². The van der Waals surface area contributed by atoms with E-state index in [4.69, 9.17) is 20.3 Å². The van der Waals surface area contributed by atoms with Crippen LogP contribution in [0.4, 0.5) is 0 Å². The molecule has 1 atom stereocenters. The van der Waals surface area contributed by atoms with E-state index in [0.29, 0.717) is 19.6 Å².